The Morgan fingerprint density at radius 2 is 1.60 bits per heavy atom. The fourth-order valence-electron chi connectivity index (χ4n) is 0.121. The summed E-state index contributed by atoms with van der Waals surface area (Å²) in [5.41, 5.74) is 0. The van der Waals surface area contributed by atoms with E-state index in [-0.39, 0.29) is 0 Å². The molecule has 0 fully saturated rings. The van der Waals surface area contributed by atoms with Crippen molar-refractivity contribution in [2.75, 3.05) is 0 Å². The summed E-state index contributed by atoms with van der Waals surface area (Å²) in [6.07, 6.45) is -4.95. The Morgan fingerprint density at radius 1 is 1.30 bits per heavy atom. The molecule has 1 N–H and O–H groups in total. The van der Waals surface area contributed by atoms with Crippen LogP contribution in [-0.2, 0) is 4.79 Å². The highest BCUT2D eigenvalue weighted by Gasteiger charge is 2.56. The molecule has 0 heterocycles. The van der Waals surface area contributed by atoms with Crippen molar-refractivity contribution in [3.63, 3.8) is 0 Å². The SMILES string of the molecule is O=C(O)C(S)(S)C(F)(F)F. The number of thiol groups is 2. The Balaban J connectivity index is 4.57. The van der Waals surface area contributed by atoms with Crippen LogP contribution in [0.25, 0.3) is 0 Å². The van der Waals surface area contributed by atoms with Crippen LogP contribution in [0, 0.1) is 0 Å². The lowest BCUT2D eigenvalue weighted by molar-refractivity contribution is -0.167. The third-order valence-corrected chi connectivity index (χ3v) is 1.58. The van der Waals surface area contributed by atoms with Gasteiger partial charge < -0.3 is 5.11 Å². The molecule has 0 aliphatic rings. The number of rotatable bonds is 1. The largest absolute Gasteiger partial charge is 0.479 e. The van der Waals surface area contributed by atoms with E-state index in [2.05, 4.69) is 25.3 Å². The van der Waals surface area contributed by atoms with Gasteiger partial charge in [0.1, 0.15) is 0 Å². The van der Waals surface area contributed by atoms with Gasteiger partial charge in [-0.3, -0.25) is 0 Å². The molecule has 0 atom stereocenters. The van der Waals surface area contributed by atoms with Crippen LogP contribution in [0.4, 0.5) is 13.2 Å². The highest BCUT2D eigenvalue weighted by atomic mass is 32.2. The minimum atomic E-state index is -4.95. The summed E-state index contributed by atoms with van der Waals surface area (Å²) in [5, 5.41) is 7.90. The number of aliphatic carboxylic acids is 1. The molecular formula is C3H3F3O2S2. The van der Waals surface area contributed by atoms with Crippen LogP contribution >= 0.6 is 25.3 Å². The van der Waals surface area contributed by atoms with Gasteiger partial charge in [0.05, 0.1) is 0 Å². The molecule has 0 saturated heterocycles. The van der Waals surface area contributed by atoms with Gasteiger partial charge in [0.25, 0.3) is 0 Å². The van der Waals surface area contributed by atoms with Crippen LogP contribution in [0.5, 0.6) is 0 Å². The Morgan fingerprint density at radius 3 is 1.60 bits per heavy atom. The highest BCUT2D eigenvalue weighted by Crippen LogP contribution is 2.38. The van der Waals surface area contributed by atoms with Crippen molar-refractivity contribution < 1.29 is 23.1 Å². The number of halogens is 3. The lowest BCUT2D eigenvalue weighted by Crippen LogP contribution is -2.41. The van der Waals surface area contributed by atoms with Crippen LogP contribution in [0.1, 0.15) is 0 Å². The second-order valence-corrected chi connectivity index (χ2v) is 3.17. The molecule has 0 unspecified atom stereocenters. The molecule has 0 bridgehead atoms. The molecule has 0 aromatic rings. The van der Waals surface area contributed by atoms with E-state index in [4.69, 9.17) is 5.11 Å². The van der Waals surface area contributed by atoms with Crippen molar-refractivity contribution in [2.45, 2.75) is 10.3 Å². The summed E-state index contributed by atoms with van der Waals surface area (Å²) in [7, 11) is 0. The van der Waals surface area contributed by atoms with Crippen LogP contribution in [0.15, 0.2) is 0 Å². The van der Waals surface area contributed by atoms with Crippen LogP contribution in [0.2, 0.25) is 0 Å². The van der Waals surface area contributed by atoms with E-state index in [1.807, 2.05) is 0 Å². The number of hydrogen-bond acceptors (Lipinski definition) is 3. The Hall–Kier alpha value is -0.0400. The number of carboxylic acid groups (broad SMARTS) is 1. The molecule has 10 heavy (non-hydrogen) atoms. The Bertz CT molecular complexity index is 152. The molecule has 0 rings (SSSR count). The zero-order chi connectivity index (χ0) is 8.58. The van der Waals surface area contributed by atoms with Gasteiger partial charge in [0.15, 0.2) is 0 Å². The van der Waals surface area contributed by atoms with Gasteiger partial charge in [-0.05, 0) is 0 Å². The maximum atomic E-state index is 11.6. The second kappa shape index (κ2) is 2.54. The maximum absolute atomic E-state index is 11.6. The van der Waals surface area contributed by atoms with E-state index in [1.165, 1.54) is 0 Å². The first-order valence-corrected chi connectivity index (χ1v) is 2.84. The van der Waals surface area contributed by atoms with Gasteiger partial charge in [0, 0.05) is 0 Å². The summed E-state index contributed by atoms with van der Waals surface area (Å²) < 4.78 is 31.4. The first-order valence-electron chi connectivity index (χ1n) is 1.94. The monoisotopic (exact) mass is 192 g/mol. The molecule has 0 amide bonds. The molecule has 0 spiro atoms. The van der Waals surface area contributed by atoms with Crippen molar-refractivity contribution >= 4 is 31.2 Å². The predicted molar refractivity (Wildman–Crippen MR) is 34.4 cm³/mol. The number of hydrogen-bond donors (Lipinski definition) is 3. The molecule has 2 nitrogen and oxygen atoms in total. The summed E-state index contributed by atoms with van der Waals surface area (Å²) in [6.45, 7) is 0. The minimum absolute atomic E-state index is 2.13. The quantitative estimate of drug-likeness (QED) is 0.431. The van der Waals surface area contributed by atoms with Gasteiger partial charge >= 0.3 is 12.1 Å². The van der Waals surface area contributed by atoms with Gasteiger partial charge in [-0.2, -0.15) is 13.2 Å². The standard InChI is InChI=1S/C3H3F3O2S2/c4-3(5,6)2(9,10)1(7)8/h9-10H,(H,7,8). The molecule has 0 radical (unpaired) electrons. The topological polar surface area (TPSA) is 37.3 Å². The maximum Gasteiger partial charge on any atom is 0.422 e. The molecular weight excluding hydrogens is 189 g/mol. The Kier molecular flexibility index (Phi) is 2.53. The van der Waals surface area contributed by atoms with Gasteiger partial charge in [-0.1, -0.05) is 0 Å². The smallest absolute Gasteiger partial charge is 0.422 e. The summed E-state index contributed by atoms with van der Waals surface area (Å²) in [5.74, 6) is -2.13. The highest BCUT2D eigenvalue weighted by molar-refractivity contribution is 8.02. The molecule has 0 aromatic carbocycles. The third kappa shape index (κ3) is 1.72. The first kappa shape index (κ1) is 9.96. The zero-order valence-corrected chi connectivity index (χ0v) is 6.17. The summed E-state index contributed by atoms with van der Waals surface area (Å²) >= 11 is 5.60. The fraction of sp³-hybridized carbons (Fsp3) is 0.667. The van der Waals surface area contributed by atoms with E-state index < -0.39 is 16.2 Å². The average Bonchev–Trinajstić information content (AvgIpc) is 1.62. The lowest BCUT2D eigenvalue weighted by Gasteiger charge is -2.19. The predicted octanol–water partition coefficient (Wildman–Crippen LogP) is 1.19. The second-order valence-electron chi connectivity index (χ2n) is 1.48. The molecule has 0 aliphatic heterocycles. The molecule has 0 aliphatic carbocycles. The molecule has 60 valence electrons. The first-order chi connectivity index (χ1) is 4.19. The molecule has 0 aromatic heterocycles. The Labute approximate surface area is 65.2 Å². The van der Waals surface area contributed by atoms with Crippen molar-refractivity contribution in [1.29, 1.82) is 0 Å². The van der Waals surface area contributed by atoms with Crippen molar-refractivity contribution in [3.8, 4) is 0 Å². The van der Waals surface area contributed by atoms with Crippen molar-refractivity contribution in [1.82, 2.24) is 0 Å². The summed E-state index contributed by atoms with van der Waals surface area (Å²) in [6, 6.07) is 0. The van der Waals surface area contributed by atoms with Crippen molar-refractivity contribution in [3.05, 3.63) is 0 Å². The van der Waals surface area contributed by atoms with Crippen LogP contribution in [-0.4, -0.2) is 21.3 Å². The van der Waals surface area contributed by atoms with E-state index >= 15 is 0 Å². The lowest BCUT2D eigenvalue weighted by atomic mass is 10.4. The molecule has 7 heteroatoms. The number of carboxylic acids is 1. The normalized spacial score (nSPS) is 13.3. The minimum Gasteiger partial charge on any atom is -0.479 e. The van der Waals surface area contributed by atoms with Gasteiger partial charge in [-0.25, -0.2) is 4.79 Å². The summed E-state index contributed by atoms with van der Waals surface area (Å²) in [4.78, 5) is 9.79. The van der Waals surface area contributed by atoms with E-state index in [0.29, 0.717) is 0 Å². The zero-order valence-electron chi connectivity index (χ0n) is 4.38. The van der Waals surface area contributed by atoms with Gasteiger partial charge in [-0.15, -0.1) is 25.3 Å². The van der Waals surface area contributed by atoms with E-state index in [9.17, 15) is 18.0 Å². The fourth-order valence-corrected chi connectivity index (χ4v) is 0.121. The average molecular weight is 192 g/mol. The van der Waals surface area contributed by atoms with Crippen LogP contribution < -0.4 is 0 Å². The van der Waals surface area contributed by atoms with Gasteiger partial charge in [0.2, 0.25) is 4.08 Å². The van der Waals surface area contributed by atoms with E-state index in [0.717, 1.165) is 0 Å². The number of carbonyl (C=O) groups is 1. The van der Waals surface area contributed by atoms with E-state index in [1.54, 1.807) is 0 Å². The number of alkyl halides is 3. The molecule has 0 saturated carbocycles. The van der Waals surface area contributed by atoms with Crippen LogP contribution in [0.3, 0.4) is 0 Å². The van der Waals surface area contributed by atoms with Crippen molar-refractivity contribution in [2.24, 2.45) is 0 Å². The third-order valence-electron chi connectivity index (χ3n) is 0.694.